The van der Waals surface area contributed by atoms with Gasteiger partial charge in [-0.3, -0.25) is 4.79 Å². The lowest BCUT2D eigenvalue weighted by molar-refractivity contribution is 0.0768. The molecular weight excluding hydrogens is 350 g/mol. The molecule has 0 atom stereocenters. The summed E-state index contributed by atoms with van der Waals surface area (Å²) in [5.41, 5.74) is 1.27. The minimum atomic E-state index is -3.49. The third kappa shape index (κ3) is 3.64. The van der Waals surface area contributed by atoms with Crippen LogP contribution in [0.2, 0.25) is 0 Å². The van der Waals surface area contributed by atoms with E-state index in [4.69, 9.17) is 0 Å². The first-order chi connectivity index (χ1) is 12.5. The number of carbonyl (C=O) groups is 1. The van der Waals surface area contributed by atoms with Crippen LogP contribution in [0.1, 0.15) is 50.0 Å². The Morgan fingerprint density at radius 2 is 1.73 bits per heavy atom. The van der Waals surface area contributed by atoms with Gasteiger partial charge < -0.3 is 9.88 Å². The zero-order valence-corrected chi connectivity index (χ0v) is 16.3. The van der Waals surface area contributed by atoms with Gasteiger partial charge in [-0.25, -0.2) is 8.42 Å². The van der Waals surface area contributed by atoms with Crippen LogP contribution in [-0.2, 0) is 10.0 Å². The van der Waals surface area contributed by atoms with E-state index in [2.05, 4.69) is 4.98 Å². The van der Waals surface area contributed by atoms with E-state index >= 15 is 0 Å². The second-order valence-corrected chi connectivity index (χ2v) is 8.67. The molecule has 6 nitrogen and oxygen atoms in total. The van der Waals surface area contributed by atoms with Gasteiger partial charge in [0.2, 0.25) is 10.0 Å². The number of carbonyl (C=O) groups excluding carboxylic acids is 1. The molecule has 0 unspecified atom stereocenters. The average Bonchev–Trinajstić information content (AvgIpc) is 2.86. The van der Waals surface area contributed by atoms with Crippen molar-refractivity contribution < 1.29 is 13.2 Å². The van der Waals surface area contributed by atoms with Crippen LogP contribution in [0.4, 0.5) is 0 Å². The Kier molecular flexibility index (Phi) is 5.67. The standard InChI is InChI=1S/C19H27N3O3S/c1-3-21(4-2)19(23)18-14-15-13-16(9-10-17(15)20-18)26(24,25)22-11-7-5-6-8-12-22/h9-10,13-14,20H,3-8,11-12H2,1-2H3. The van der Waals surface area contributed by atoms with Crippen LogP contribution < -0.4 is 0 Å². The van der Waals surface area contributed by atoms with Gasteiger partial charge in [-0.15, -0.1) is 0 Å². The van der Waals surface area contributed by atoms with Crippen molar-refractivity contribution in [1.29, 1.82) is 0 Å². The molecule has 26 heavy (non-hydrogen) atoms. The number of nitrogens with one attached hydrogen (secondary N) is 1. The molecule has 1 aliphatic heterocycles. The highest BCUT2D eigenvalue weighted by atomic mass is 32.2. The molecule has 1 saturated heterocycles. The molecule has 1 aromatic heterocycles. The van der Waals surface area contributed by atoms with Crippen LogP contribution in [0.15, 0.2) is 29.2 Å². The fourth-order valence-electron chi connectivity index (χ4n) is 3.50. The van der Waals surface area contributed by atoms with E-state index in [-0.39, 0.29) is 5.91 Å². The topological polar surface area (TPSA) is 73.5 Å². The second kappa shape index (κ2) is 7.80. The van der Waals surface area contributed by atoms with E-state index in [1.165, 1.54) is 0 Å². The number of rotatable bonds is 5. The van der Waals surface area contributed by atoms with Gasteiger partial charge in [0.1, 0.15) is 5.69 Å². The Hall–Kier alpha value is -1.86. The number of H-pyrrole nitrogens is 1. The molecule has 0 bridgehead atoms. The van der Waals surface area contributed by atoms with E-state index < -0.39 is 10.0 Å². The van der Waals surface area contributed by atoms with E-state index in [0.29, 0.717) is 36.8 Å². The third-order valence-corrected chi connectivity index (χ3v) is 6.97. The smallest absolute Gasteiger partial charge is 0.270 e. The lowest BCUT2D eigenvalue weighted by Crippen LogP contribution is -2.31. The number of hydrogen-bond donors (Lipinski definition) is 1. The lowest BCUT2D eigenvalue weighted by Gasteiger charge is -2.19. The molecule has 1 aromatic carbocycles. The Morgan fingerprint density at radius 3 is 2.35 bits per heavy atom. The summed E-state index contributed by atoms with van der Waals surface area (Å²) in [5, 5.41) is 0.747. The molecule has 142 valence electrons. The van der Waals surface area contributed by atoms with Crippen molar-refractivity contribution >= 4 is 26.8 Å². The summed E-state index contributed by atoms with van der Waals surface area (Å²) in [5.74, 6) is -0.0666. The van der Waals surface area contributed by atoms with Gasteiger partial charge in [-0.05, 0) is 51.0 Å². The number of aromatic amines is 1. The summed E-state index contributed by atoms with van der Waals surface area (Å²) >= 11 is 0. The highest BCUT2D eigenvalue weighted by Crippen LogP contribution is 2.25. The Balaban J connectivity index is 1.92. The molecule has 3 rings (SSSR count). The van der Waals surface area contributed by atoms with Crippen molar-refractivity contribution in [3.05, 3.63) is 30.0 Å². The van der Waals surface area contributed by atoms with Crippen molar-refractivity contribution in [2.24, 2.45) is 0 Å². The molecule has 1 fully saturated rings. The van der Waals surface area contributed by atoms with Gasteiger partial charge in [-0.2, -0.15) is 4.31 Å². The molecule has 0 radical (unpaired) electrons. The van der Waals surface area contributed by atoms with Gasteiger partial charge in [0.15, 0.2) is 0 Å². The monoisotopic (exact) mass is 377 g/mol. The molecule has 1 N–H and O–H groups in total. The third-order valence-electron chi connectivity index (χ3n) is 5.08. The fourth-order valence-corrected chi connectivity index (χ4v) is 5.05. The summed E-state index contributed by atoms with van der Waals surface area (Å²) in [6, 6.07) is 6.80. The van der Waals surface area contributed by atoms with Gasteiger partial charge in [0, 0.05) is 37.1 Å². The predicted molar refractivity (Wildman–Crippen MR) is 103 cm³/mol. The molecule has 0 saturated carbocycles. The van der Waals surface area contributed by atoms with Gasteiger partial charge in [0.05, 0.1) is 4.90 Å². The lowest BCUT2D eigenvalue weighted by atomic mass is 10.2. The summed E-state index contributed by atoms with van der Waals surface area (Å²) in [7, 11) is -3.49. The first-order valence-electron chi connectivity index (χ1n) is 9.39. The molecule has 1 amide bonds. The molecule has 0 spiro atoms. The zero-order chi connectivity index (χ0) is 18.7. The zero-order valence-electron chi connectivity index (χ0n) is 15.5. The first kappa shape index (κ1) is 18.9. The molecule has 1 aliphatic rings. The summed E-state index contributed by atoms with van der Waals surface area (Å²) < 4.78 is 27.5. The average molecular weight is 378 g/mol. The Morgan fingerprint density at radius 1 is 1.08 bits per heavy atom. The fraction of sp³-hybridized carbons (Fsp3) is 0.526. The Labute approximate surface area is 155 Å². The first-order valence-corrected chi connectivity index (χ1v) is 10.8. The molecule has 2 aromatic rings. The number of benzene rings is 1. The molecule has 0 aliphatic carbocycles. The van der Waals surface area contributed by atoms with Gasteiger partial charge in [0.25, 0.3) is 5.91 Å². The SMILES string of the molecule is CCN(CC)C(=O)c1cc2cc(S(=O)(=O)N3CCCCCC3)ccc2[nH]1. The van der Waals surface area contributed by atoms with E-state index in [1.54, 1.807) is 33.5 Å². The number of aromatic nitrogens is 1. The highest BCUT2D eigenvalue weighted by molar-refractivity contribution is 7.89. The Bertz CT molecular complexity index is 877. The summed E-state index contributed by atoms with van der Waals surface area (Å²) in [6.07, 6.45) is 3.99. The predicted octanol–water partition coefficient (Wildman–Crippen LogP) is 3.21. The second-order valence-electron chi connectivity index (χ2n) is 6.73. The summed E-state index contributed by atoms with van der Waals surface area (Å²) in [6.45, 7) is 6.32. The molecule has 2 heterocycles. The van der Waals surface area contributed by atoms with Crippen molar-refractivity contribution in [3.8, 4) is 0 Å². The van der Waals surface area contributed by atoms with Gasteiger partial charge in [-0.1, -0.05) is 12.8 Å². The molecular formula is C19H27N3O3S. The number of sulfonamides is 1. The maximum absolute atomic E-state index is 13.0. The van der Waals surface area contributed by atoms with Crippen LogP contribution in [0.25, 0.3) is 10.9 Å². The van der Waals surface area contributed by atoms with Crippen LogP contribution >= 0.6 is 0 Å². The van der Waals surface area contributed by atoms with Crippen molar-refractivity contribution in [3.63, 3.8) is 0 Å². The normalized spacial score (nSPS) is 16.5. The maximum Gasteiger partial charge on any atom is 0.270 e. The van der Waals surface area contributed by atoms with Crippen molar-refractivity contribution in [2.75, 3.05) is 26.2 Å². The summed E-state index contributed by atoms with van der Waals surface area (Å²) in [4.78, 5) is 17.7. The number of amides is 1. The highest BCUT2D eigenvalue weighted by Gasteiger charge is 2.25. The largest absolute Gasteiger partial charge is 0.351 e. The number of nitrogens with zero attached hydrogens (tertiary/aromatic N) is 2. The van der Waals surface area contributed by atoms with Crippen molar-refractivity contribution in [1.82, 2.24) is 14.2 Å². The van der Waals surface area contributed by atoms with Crippen LogP contribution in [0, 0.1) is 0 Å². The maximum atomic E-state index is 13.0. The number of hydrogen-bond acceptors (Lipinski definition) is 3. The quantitative estimate of drug-likeness (QED) is 0.869. The minimum absolute atomic E-state index is 0.0666. The van der Waals surface area contributed by atoms with Crippen LogP contribution in [0.5, 0.6) is 0 Å². The van der Waals surface area contributed by atoms with E-state index in [9.17, 15) is 13.2 Å². The molecule has 7 heteroatoms. The van der Waals surface area contributed by atoms with Crippen LogP contribution in [-0.4, -0.2) is 54.7 Å². The van der Waals surface area contributed by atoms with E-state index in [1.807, 2.05) is 13.8 Å². The van der Waals surface area contributed by atoms with Gasteiger partial charge >= 0.3 is 0 Å². The van der Waals surface area contributed by atoms with Crippen LogP contribution in [0.3, 0.4) is 0 Å². The number of fused-ring (bicyclic) bond motifs is 1. The minimum Gasteiger partial charge on any atom is -0.351 e. The van der Waals surface area contributed by atoms with E-state index in [0.717, 1.165) is 36.6 Å². The van der Waals surface area contributed by atoms with Crippen molar-refractivity contribution in [2.45, 2.75) is 44.4 Å².